The number of ether oxygens (including phenoxy) is 2. The van der Waals surface area contributed by atoms with Crippen LogP contribution in [0.1, 0.15) is 11.7 Å². The van der Waals surface area contributed by atoms with Crippen molar-refractivity contribution in [3.05, 3.63) is 53.1 Å². The lowest BCUT2D eigenvalue weighted by Crippen LogP contribution is -2.47. The second-order valence-corrected chi connectivity index (χ2v) is 6.83. The monoisotopic (exact) mass is 376 g/mol. The van der Waals surface area contributed by atoms with Crippen LogP contribution in [0.4, 0.5) is 5.69 Å². The molecule has 140 valence electrons. The average molecular weight is 377 g/mol. The zero-order valence-electron chi connectivity index (χ0n) is 15.2. The Hall–Kier alpha value is -1.95. The van der Waals surface area contributed by atoms with E-state index < -0.39 is 6.10 Å². The van der Waals surface area contributed by atoms with Gasteiger partial charge in [-0.05, 0) is 42.0 Å². The van der Waals surface area contributed by atoms with Crippen LogP contribution in [0.3, 0.4) is 0 Å². The summed E-state index contributed by atoms with van der Waals surface area (Å²) in [5, 5.41) is 11.4. The number of benzene rings is 2. The van der Waals surface area contributed by atoms with Gasteiger partial charge in [-0.25, -0.2) is 0 Å². The van der Waals surface area contributed by atoms with E-state index in [1.807, 2.05) is 30.3 Å². The zero-order valence-corrected chi connectivity index (χ0v) is 15.9. The second kappa shape index (κ2) is 8.62. The predicted octanol–water partition coefficient (Wildman–Crippen LogP) is 3.21. The third-order valence-corrected chi connectivity index (χ3v) is 5.04. The molecule has 2 aromatic rings. The summed E-state index contributed by atoms with van der Waals surface area (Å²) in [6.45, 7) is 4.28. The van der Waals surface area contributed by atoms with E-state index in [2.05, 4.69) is 21.9 Å². The van der Waals surface area contributed by atoms with Gasteiger partial charge in [-0.3, -0.25) is 4.90 Å². The first-order valence-corrected chi connectivity index (χ1v) is 9.11. The van der Waals surface area contributed by atoms with Crippen molar-refractivity contribution in [1.82, 2.24) is 4.90 Å². The molecule has 0 spiro atoms. The Kier molecular flexibility index (Phi) is 6.25. The smallest absolute Gasteiger partial charge is 0.161 e. The third kappa shape index (κ3) is 4.41. The SMILES string of the molecule is COc1ccc([C@H](O)CN2CCN(c3ccc(Cl)cc3)CC2)cc1OC. The Morgan fingerprint density at radius 3 is 2.23 bits per heavy atom. The highest BCUT2D eigenvalue weighted by molar-refractivity contribution is 6.30. The lowest BCUT2D eigenvalue weighted by molar-refractivity contribution is 0.109. The van der Waals surface area contributed by atoms with E-state index in [1.165, 1.54) is 5.69 Å². The van der Waals surface area contributed by atoms with Gasteiger partial charge in [0.05, 0.1) is 20.3 Å². The summed E-state index contributed by atoms with van der Waals surface area (Å²) in [6.07, 6.45) is -0.558. The highest BCUT2D eigenvalue weighted by Crippen LogP contribution is 2.30. The van der Waals surface area contributed by atoms with Gasteiger partial charge in [-0.1, -0.05) is 17.7 Å². The number of piperazine rings is 1. The lowest BCUT2D eigenvalue weighted by Gasteiger charge is -2.37. The van der Waals surface area contributed by atoms with Gasteiger partial charge < -0.3 is 19.5 Å². The van der Waals surface area contributed by atoms with E-state index in [4.69, 9.17) is 21.1 Å². The topological polar surface area (TPSA) is 45.2 Å². The van der Waals surface area contributed by atoms with Gasteiger partial charge in [-0.2, -0.15) is 0 Å². The maximum Gasteiger partial charge on any atom is 0.161 e. The molecule has 26 heavy (non-hydrogen) atoms. The second-order valence-electron chi connectivity index (χ2n) is 6.39. The Labute approximate surface area is 159 Å². The Bertz CT molecular complexity index is 715. The van der Waals surface area contributed by atoms with E-state index >= 15 is 0 Å². The van der Waals surface area contributed by atoms with Crippen LogP contribution in [0.2, 0.25) is 5.02 Å². The van der Waals surface area contributed by atoms with E-state index in [9.17, 15) is 5.11 Å². The molecule has 0 saturated carbocycles. The summed E-state index contributed by atoms with van der Waals surface area (Å²) in [5.41, 5.74) is 2.03. The quantitative estimate of drug-likeness (QED) is 0.838. The number of aliphatic hydroxyl groups excluding tert-OH is 1. The molecule has 1 fully saturated rings. The molecule has 1 aliphatic heterocycles. The average Bonchev–Trinajstić information content (AvgIpc) is 2.68. The minimum absolute atomic E-state index is 0.558. The van der Waals surface area contributed by atoms with Gasteiger partial charge in [0.25, 0.3) is 0 Å². The van der Waals surface area contributed by atoms with Gasteiger partial charge in [0.15, 0.2) is 11.5 Å². The van der Waals surface area contributed by atoms with Gasteiger partial charge in [0, 0.05) is 43.4 Å². The summed E-state index contributed by atoms with van der Waals surface area (Å²) in [6, 6.07) is 13.5. The molecule has 0 bridgehead atoms. The molecule has 1 N–H and O–H groups in total. The van der Waals surface area contributed by atoms with Crippen molar-refractivity contribution in [2.45, 2.75) is 6.10 Å². The summed E-state index contributed by atoms with van der Waals surface area (Å²) in [5.74, 6) is 1.30. The van der Waals surface area contributed by atoms with Crippen molar-refractivity contribution in [1.29, 1.82) is 0 Å². The maximum absolute atomic E-state index is 10.6. The van der Waals surface area contributed by atoms with Crippen LogP contribution in [0, 0.1) is 0 Å². The molecular formula is C20H25ClN2O3. The summed E-state index contributed by atoms with van der Waals surface area (Å²) < 4.78 is 10.6. The first-order valence-electron chi connectivity index (χ1n) is 8.73. The Morgan fingerprint density at radius 2 is 1.62 bits per heavy atom. The number of anilines is 1. The number of rotatable bonds is 6. The third-order valence-electron chi connectivity index (χ3n) is 4.79. The molecular weight excluding hydrogens is 352 g/mol. The van der Waals surface area contributed by atoms with Crippen LogP contribution in [0.5, 0.6) is 11.5 Å². The number of aliphatic hydroxyl groups is 1. The predicted molar refractivity (Wildman–Crippen MR) is 105 cm³/mol. The first kappa shape index (κ1) is 18.8. The first-order chi connectivity index (χ1) is 12.6. The number of hydrogen-bond acceptors (Lipinski definition) is 5. The van der Waals surface area contributed by atoms with Crippen LogP contribution in [0.25, 0.3) is 0 Å². The number of nitrogens with zero attached hydrogens (tertiary/aromatic N) is 2. The fourth-order valence-corrected chi connectivity index (χ4v) is 3.38. The van der Waals surface area contributed by atoms with Gasteiger partial charge in [0.1, 0.15) is 0 Å². The largest absolute Gasteiger partial charge is 0.493 e. The lowest BCUT2D eigenvalue weighted by atomic mass is 10.1. The highest BCUT2D eigenvalue weighted by atomic mass is 35.5. The van der Waals surface area contributed by atoms with Gasteiger partial charge in [-0.15, -0.1) is 0 Å². The maximum atomic E-state index is 10.6. The molecule has 2 aromatic carbocycles. The van der Waals surface area contributed by atoms with E-state index in [0.717, 1.165) is 36.8 Å². The normalized spacial score (nSPS) is 16.4. The minimum atomic E-state index is -0.558. The van der Waals surface area contributed by atoms with Crippen LogP contribution >= 0.6 is 11.6 Å². The molecule has 0 aromatic heterocycles. The van der Waals surface area contributed by atoms with Crippen LogP contribution in [-0.2, 0) is 0 Å². The number of hydrogen-bond donors (Lipinski definition) is 1. The fraction of sp³-hybridized carbons (Fsp3) is 0.400. The molecule has 0 radical (unpaired) electrons. The summed E-state index contributed by atoms with van der Waals surface area (Å²) >= 11 is 5.96. The van der Waals surface area contributed by atoms with E-state index in [0.29, 0.717) is 18.0 Å². The molecule has 0 amide bonds. The Morgan fingerprint density at radius 1 is 0.962 bits per heavy atom. The van der Waals surface area contributed by atoms with Crippen molar-refractivity contribution < 1.29 is 14.6 Å². The number of halogens is 1. The Balaban J connectivity index is 1.56. The molecule has 1 saturated heterocycles. The highest BCUT2D eigenvalue weighted by Gasteiger charge is 2.21. The van der Waals surface area contributed by atoms with Crippen LogP contribution in [0.15, 0.2) is 42.5 Å². The molecule has 6 heteroatoms. The molecule has 0 aliphatic carbocycles. The van der Waals surface area contributed by atoms with Crippen molar-refractivity contribution in [2.75, 3.05) is 51.8 Å². The summed E-state index contributed by atoms with van der Waals surface area (Å²) in [4.78, 5) is 4.63. The molecule has 1 heterocycles. The van der Waals surface area contributed by atoms with Crippen molar-refractivity contribution in [3.63, 3.8) is 0 Å². The molecule has 1 aliphatic rings. The number of methoxy groups -OCH3 is 2. The van der Waals surface area contributed by atoms with Gasteiger partial charge >= 0.3 is 0 Å². The fourth-order valence-electron chi connectivity index (χ4n) is 3.25. The zero-order chi connectivity index (χ0) is 18.5. The van der Waals surface area contributed by atoms with Gasteiger partial charge in [0.2, 0.25) is 0 Å². The summed E-state index contributed by atoms with van der Waals surface area (Å²) in [7, 11) is 3.21. The minimum Gasteiger partial charge on any atom is -0.493 e. The van der Waals surface area contributed by atoms with Crippen molar-refractivity contribution in [2.24, 2.45) is 0 Å². The van der Waals surface area contributed by atoms with Crippen LogP contribution < -0.4 is 14.4 Å². The molecule has 3 rings (SSSR count). The molecule has 5 nitrogen and oxygen atoms in total. The molecule has 0 unspecified atom stereocenters. The van der Waals surface area contributed by atoms with E-state index in [-0.39, 0.29) is 0 Å². The van der Waals surface area contributed by atoms with Crippen LogP contribution in [-0.4, -0.2) is 56.9 Å². The standard InChI is InChI=1S/C20H25ClN2O3/c1-25-19-8-3-15(13-20(19)26-2)18(24)14-22-9-11-23(12-10-22)17-6-4-16(21)5-7-17/h3-8,13,18,24H,9-12,14H2,1-2H3/t18-/m1/s1. The van der Waals surface area contributed by atoms with E-state index in [1.54, 1.807) is 14.2 Å². The number of β-amino-alcohol motifs (C(OH)–C–C–N with tert-alkyl or cyclic N) is 1. The van der Waals surface area contributed by atoms with Crippen molar-refractivity contribution >= 4 is 17.3 Å². The molecule has 1 atom stereocenters. The van der Waals surface area contributed by atoms with Crippen molar-refractivity contribution in [3.8, 4) is 11.5 Å².